The van der Waals surface area contributed by atoms with Gasteiger partial charge in [-0.15, -0.1) is 0 Å². The van der Waals surface area contributed by atoms with Gasteiger partial charge in [-0.25, -0.2) is 19.3 Å². The molecule has 0 spiro atoms. The molecule has 3 saturated carbocycles. The van der Waals surface area contributed by atoms with E-state index in [1.54, 1.807) is 18.5 Å². The molecule has 3 aromatic rings. The van der Waals surface area contributed by atoms with E-state index in [1.165, 1.54) is 6.20 Å². The number of aromatic nitrogens is 4. The van der Waals surface area contributed by atoms with E-state index >= 15 is 0 Å². The topological polar surface area (TPSA) is 86.7 Å². The summed E-state index contributed by atoms with van der Waals surface area (Å²) >= 11 is 6.06. The van der Waals surface area contributed by atoms with E-state index < -0.39 is 5.82 Å². The number of fused-ring (bicyclic) bond motifs is 3. The van der Waals surface area contributed by atoms with Gasteiger partial charge in [-0.3, -0.25) is 0 Å². The van der Waals surface area contributed by atoms with E-state index in [1.807, 2.05) is 0 Å². The van der Waals surface area contributed by atoms with Crippen LogP contribution in [0.1, 0.15) is 19.3 Å². The Morgan fingerprint density at radius 3 is 2.93 bits per heavy atom. The van der Waals surface area contributed by atoms with Crippen molar-refractivity contribution in [3.63, 3.8) is 0 Å². The second kappa shape index (κ2) is 6.42. The van der Waals surface area contributed by atoms with E-state index in [-0.39, 0.29) is 24.4 Å². The number of hydrogen-bond donors (Lipinski definition) is 3. The lowest BCUT2D eigenvalue weighted by Crippen LogP contribution is -2.51. The van der Waals surface area contributed by atoms with Crippen LogP contribution in [0.3, 0.4) is 0 Å². The predicted octanol–water partition coefficient (Wildman–Crippen LogP) is 3.63. The van der Waals surface area contributed by atoms with Gasteiger partial charge in [0.25, 0.3) is 0 Å². The molecule has 2 bridgehead atoms. The van der Waals surface area contributed by atoms with E-state index in [0.29, 0.717) is 33.9 Å². The molecule has 0 saturated heterocycles. The van der Waals surface area contributed by atoms with Crippen LogP contribution in [-0.2, 0) is 0 Å². The third-order valence-electron chi connectivity index (χ3n) is 5.94. The minimum absolute atomic E-state index is 0.0383. The molecule has 2 atom stereocenters. The van der Waals surface area contributed by atoms with Crippen molar-refractivity contribution in [1.29, 1.82) is 0 Å². The second-order valence-corrected chi connectivity index (χ2v) is 8.02. The SMILES string of the molecule is OC[C@H]1CC2CC(C2)C1Nc1nc(-c2c[nH]c3ncc(Cl)cc23)ncc1F. The highest BCUT2D eigenvalue weighted by atomic mass is 35.5. The first kappa shape index (κ1) is 16.9. The van der Waals surface area contributed by atoms with Crippen LogP contribution in [0, 0.1) is 23.6 Å². The van der Waals surface area contributed by atoms with Gasteiger partial charge in [-0.1, -0.05) is 11.6 Å². The zero-order valence-electron chi connectivity index (χ0n) is 14.5. The van der Waals surface area contributed by atoms with Crippen molar-refractivity contribution < 1.29 is 9.50 Å². The van der Waals surface area contributed by atoms with Crippen LogP contribution in [0.15, 0.2) is 24.7 Å². The fraction of sp³-hybridized carbons (Fsp3) is 0.421. The zero-order valence-corrected chi connectivity index (χ0v) is 15.2. The number of nitrogens with zero attached hydrogens (tertiary/aromatic N) is 3. The Morgan fingerprint density at radius 2 is 2.11 bits per heavy atom. The molecule has 3 N–H and O–H groups in total. The minimum atomic E-state index is -0.493. The zero-order chi connectivity index (χ0) is 18.5. The number of nitrogens with one attached hydrogen (secondary N) is 2. The van der Waals surface area contributed by atoms with Gasteiger partial charge in [-0.05, 0) is 37.2 Å². The van der Waals surface area contributed by atoms with Crippen LogP contribution in [0.5, 0.6) is 0 Å². The highest BCUT2D eigenvalue weighted by molar-refractivity contribution is 6.31. The molecule has 3 aromatic heterocycles. The number of aliphatic hydroxyl groups is 1. The molecule has 140 valence electrons. The first-order valence-corrected chi connectivity index (χ1v) is 9.53. The van der Waals surface area contributed by atoms with Gasteiger partial charge >= 0.3 is 0 Å². The summed E-state index contributed by atoms with van der Waals surface area (Å²) in [5.41, 5.74) is 1.39. The number of H-pyrrole nitrogens is 1. The lowest BCUT2D eigenvalue weighted by Gasteiger charge is -2.51. The van der Waals surface area contributed by atoms with Crippen LogP contribution in [0.2, 0.25) is 5.02 Å². The minimum Gasteiger partial charge on any atom is -0.396 e. The van der Waals surface area contributed by atoms with Crippen molar-refractivity contribution in [2.75, 3.05) is 11.9 Å². The summed E-state index contributed by atoms with van der Waals surface area (Å²) in [5, 5.41) is 14.3. The van der Waals surface area contributed by atoms with Gasteiger partial charge in [0.1, 0.15) is 5.65 Å². The molecule has 6 rings (SSSR count). The van der Waals surface area contributed by atoms with Crippen molar-refractivity contribution in [2.45, 2.75) is 25.3 Å². The van der Waals surface area contributed by atoms with Crippen LogP contribution in [0.4, 0.5) is 10.2 Å². The van der Waals surface area contributed by atoms with Crippen molar-refractivity contribution in [2.24, 2.45) is 17.8 Å². The number of anilines is 1. The Hall–Kier alpha value is -2.25. The second-order valence-electron chi connectivity index (χ2n) is 7.59. The first-order valence-electron chi connectivity index (χ1n) is 9.15. The number of hydrogen-bond acceptors (Lipinski definition) is 5. The quantitative estimate of drug-likeness (QED) is 0.636. The molecule has 27 heavy (non-hydrogen) atoms. The Bertz CT molecular complexity index is 1000. The highest BCUT2D eigenvalue weighted by Gasteiger charge is 2.45. The summed E-state index contributed by atoms with van der Waals surface area (Å²) in [6.07, 6.45) is 7.75. The standard InChI is InChI=1S/C19H19ClFN5O/c20-12-4-13-14(6-23-17(13)22-5-12)18-24-7-15(21)19(26-18)25-16-10-1-9(2-10)3-11(16)8-27/h4-7,9-11,16,27H,1-3,8H2,(H,22,23)(H,24,25,26)/t9?,10?,11-,16?/m1/s1. The van der Waals surface area contributed by atoms with E-state index in [4.69, 9.17) is 11.6 Å². The first-order chi connectivity index (χ1) is 13.1. The van der Waals surface area contributed by atoms with Crippen LogP contribution >= 0.6 is 11.6 Å². The summed E-state index contributed by atoms with van der Waals surface area (Å²) in [6.45, 7) is 0.108. The maximum absolute atomic E-state index is 14.4. The van der Waals surface area contributed by atoms with Gasteiger partial charge in [0.2, 0.25) is 0 Å². The molecule has 0 aromatic carbocycles. The fourth-order valence-corrected chi connectivity index (χ4v) is 4.73. The third kappa shape index (κ3) is 2.85. The van der Waals surface area contributed by atoms with Crippen molar-refractivity contribution >= 4 is 28.5 Å². The molecule has 3 aliphatic rings. The lowest BCUT2D eigenvalue weighted by molar-refractivity contribution is 0.0239. The van der Waals surface area contributed by atoms with Gasteiger partial charge < -0.3 is 15.4 Å². The molecule has 3 heterocycles. The number of rotatable bonds is 4. The van der Waals surface area contributed by atoms with Gasteiger partial charge in [0, 0.05) is 41.9 Å². The molecule has 0 amide bonds. The van der Waals surface area contributed by atoms with Gasteiger partial charge in [0.15, 0.2) is 17.5 Å². The van der Waals surface area contributed by atoms with Crippen molar-refractivity contribution in [3.8, 4) is 11.4 Å². The summed E-state index contributed by atoms with van der Waals surface area (Å²) in [6, 6.07) is 1.82. The van der Waals surface area contributed by atoms with Crippen molar-refractivity contribution in [3.05, 3.63) is 35.5 Å². The van der Waals surface area contributed by atoms with Crippen LogP contribution in [-0.4, -0.2) is 37.7 Å². The Morgan fingerprint density at radius 1 is 1.26 bits per heavy atom. The van der Waals surface area contributed by atoms with Gasteiger partial charge in [-0.2, -0.15) is 0 Å². The fourth-order valence-electron chi connectivity index (χ4n) is 4.58. The Kier molecular flexibility index (Phi) is 4.02. The number of aliphatic hydroxyl groups excluding tert-OH is 1. The van der Waals surface area contributed by atoms with E-state index in [0.717, 1.165) is 24.6 Å². The summed E-state index contributed by atoms with van der Waals surface area (Å²) in [5.74, 6) is 1.40. The predicted molar refractivity (Wildman–Crippen MR) is 101 cm³/mol. The Balaban J connectivity index is 1.50. The van der Waals surface area contributed by atoms with Gasteiger partial charge in [0.05, 0.1) is 11.2 Å². The largest absolute Gasteiger partial charge is 0.396 e. The molecule has 0 aliphatic heterocycles. The maximum Gasteiger partial charge on any atom is 0.183 e. The average molecular weight is 388 g/mol. The molecule has 8 heteroatoms. The molecular weight excluding hydrogens is 369 g/mol. The maximum atomic E-state index is 14.4. The monoisotopic (exact) mass is 387 g/mol. The van der Waals surface area contributed by atoms with E-state index in [9.17, 15) is 9.50 Å². The van der Waals surface area contributed by atoms with Crippen LogP contribution in [0.25, 0.3) is 22.4 Å². The molecular formula is C19H19ClFN5O. The summed E-state index contributed by atoms with van der Waals surface area (Å²) < 4.78 is 14.4. The van der Waals surface area contributed by atoms with Crippen LogP contribution < -0.4 is 5.32 Å². The lowest BCUT2D eigenvalue weighted by atomic mass is 9.59. The normalized spacial score (nSPS) is 26.8. The summed E-state index contributed by atoms with van der Waals surface area (Å²) in [7, 11) is 0. The number of halogens is 2. The smallest absolute Gasteiger partial charge is 0.183 e. The number of aromatic amines is 1. The Labute approximate surface area is 160 Å². The number of pyridine rings is 1. The third-order valence-corrected chi connectivity index (χ3v) is 6.15. The molecule has 6 nitrogen and oxygen atoms in total. The van der Waals surface area contributed by atoms with E-state index in [2.05, 4.69) is 25.3 Å². The molecule has 3 aliphatic carbocycles. The van der Waals surface area contributed by atoms with Crippen molar-refractivity contribution in [1.82, 2.24) is 19.9 Å². The molecule has 1 unspecified atom stereocenters. The average Bonchev–Trinajstić information content (AvgIpc) is 3.05. The summed E-state index contributed by atoms with van der Waals surface area (Å²) in [4.78, 5) is 15.9. The molecule has 3 fully saturated rings. The highest BCUT2D eigenvalue weighted by Crippen LogP contribution is 2.49. The molecule has 0 radical (unpaired) electrons.